The smallest absolute Gasteiger partial charge is 0.133 e. The van der Waals surface area contributed by atoms with Crippen molar-refractivity contribution in [1.29, 1.82) is 0 Å². The van der Waals surface area contributed by atoms with Crippen molar-refractivity contribution in [2.24, 2.45) is 0 Å². The highest BCUT2D eigenvalue weighted by atomic mass is 32.1. The molecule has 0 saturated carbocycles. The van der Waals surface area contributed by atoms with Gasteiger partial charge >= 0.3 is 0 Å². The van der Waals surface area contributed by atoms with Crippen LogP contribution in [0.1, 0.15) is 42.7 Å². The number of thiazole rings is 1. The number of benzene rings is 1. The standard InChI is InChI=1S/C22H26N4OS/c1-22(2,3)21-24-11-15-13-26(10-9-18(15)25-21)14-16-12-23-20(28-16)17-7-5-6-8-19(17)27-4/h5-8,11-12H,9-10,13-14H2,1-4H3. The number of ether oxygens (including phenoxy) is 1. The fourth-order valence-corrected chi connectivity index (χ4v) is 4.40. The zero-order chi connectivity index (χ0) is 19.7. The van der Waals surface area contributed by atoms with Crippen molar-refractivity contribution < 1.29 is 4.74 Å². The van der Waals surface area contributed by atoms with Crippen molar-refractivity contribution >= 4 is 11.3 Å². The maximum absolute atomic E-state index is 5.47. The first-order valence-corrected chi connectivity index (χ1v) is 10.4. The molecule has 0 radical (unpaired) electrons. The Kier molecular flexibility index (Phi) is 5.17. The Morgan fingerprint density at radius 2 is 1.96 bits per heavy atom. The Bertz CT molecular complexity index is 977. The summed E-state index contributed by atoms with van der Waals surface area (Å²) in [6, 6.07) is 8.04. The molecular weight excluding hydrogens is 368 g/mol. The summed E-state index contributed by atoms with van der Waals surface area (Å²) in [6.07, 6.45) is 4.97. The highest BCUT2D eigenvalue weighted by Crippen LogP contribution is 2.33. The first-order valence-electron chi connectivity index (χ1n) is 9.60. The molecule has 1 aliphatic rings. The molecule has 3 heterocycles. The molecule has 0 N–H and O–H groups in total. The number of hydrogen-bond donors (Lipinski definition) is 0. The van der Waals surface area contributed by atoms with Gasteiger partial charge in [-0.25, -0.2) is 15.0 Å². The van der Waals surface area contributed by atoms with Crippen LogP contribution in [0.25, 0.3) is 10.6 Å². The van der Waals surface area contributed by atoms with Crippen LogP contribution in [0.3, 0.4) is 0 Å². The van der Waals surface area contributed by atoms with Crippen LogP contribution in [-0.2, 0) is 24.9 Å². The van der Waals surface area contributed by atoms with E-state index in [1.807, 2.05) is 30.6 Å². The summed E-state index contributed by atoms with van der Waals surface area (Å²) >= 11 is 1.73. The van der Waals surface area contributed by atoms with Crippen molar-refractivity contribution in [3.63, 3.8) is 0 Å². The second-order valence-electron chi connectivity index (χ2n) is 8.21. The average molecular weight is 395 g/mol. The zero-order valence-electron chi connectivity index (χ0n) is 16.9. The number of methoxy groups -OCH3 is 1. The van der Waals surface area contributed by atoms with Crippen molar-refractivity contribution in [2.75, 3.05) is 13.7 Å². The van der Waals surface area contributed by atoms with Crippen molar-refractivity contribution in [2.45, 2.75) is 45.7 Å². The van der Waals surface area contributed by atoms with E-state index in [9.17, 15) is 0 Å². The van der Waals surface area contributed by atoms with E-state index in [0.717, 1.165) is 48.2 Å². The molecule has 0 bridgehead atoms. The molecule has 0 aliphatic carbocycles. The highest BCUT2D eigenvalue weighted by molar-refractivity contribution is 7.15. The van der Waals surface area contributed by atoms with Crippen LogP contribution >= 0.6 is 11.3 Å². The number of hydrogen-bond acceptors (Lipinski definition) is 6. The van der Waals surface area contributed by atoms with E-state index in [2.05, 4.69) is 41.7 Å². The lowest BCUT2D eigenvalue weighted by molar-refractivity contribution is 0.244. The van der Waals surface area contributed by atoms with Crippen LogP contribution in [0, 0.1) is 0 Å². The molecule has 6 heteroatoms. The fourth-order valence-electron chi connectivity index (χ4n) is 3.42. The van der Waals surface area contributed by atoms with Crippen molar-refractivity contribution in [1.82, 2.24) is 19.9 Å². The summed E-state index contributed by atoms with van der Waals surface area (Å²) in [5.74, 6) is 1.80. The molecule has 0 spiro atoms. The van der Waals surface area contributed by atoms with E-state index in [1.54, 1.807) is 18.4 Å². The Hall–Kier alpha value is -2.31. The number of fused-ring (bicyclic) bond motifs is 1. The lowest BCUT2D eigenvalue weighted by Crippen LogP contribution is -2.31. The highest BCUT2D eigenvalue weighted by Gasteiger charge is 2.23. The summed E-state index contributed by atoms with van der Waals surface area (Å²) in [4.78, 5) is 17.8. The summed E-state index contributed by atoms with van der Waals surface area (Å²) in [5.41, 5.74) is 3.49. The topological polar surface area (TPSA) is 51.1 Å². The molecule has 3 aromatic rings. The monoisotopic (exact) mass is 394 g/mol. The SMILES string of the molecule is COc1ccccc1-c1ncc(CN2CCc3nc(C(C)(C)C)ncc3C2)s1. The third-order valence-electron chi connectivity index (χ3n) is 4.95. The molecule has 146 valence electrons. The Balaban J connectivity index is 1.47. The molecule has 28 heavy (non-hydrogen) atoms. The number of nitrogens with zero attached hydrogens (tertiary/aromatic N) is 4. The van der Waals surface area contributed by atoms with Gasteiger partial charge < -0.3 is 4.74 Å². The molecule has 0 atom stereocenters. The minimum atomic E-state index is -0.0102. The number of aromatic nitrogens is 3. The van der Waals surface area contributed by atoms with Crippen LogP contribution < -0.4 is 4.74 Å². The number of rotatable bonds is 4. The minimum Gasteiger partial charge on any atom is -0.496 e. The van der Waals surface area contributed by atoms with Crippen LogP contribution in [0.4, 0.5) is 0 Å². The van der Waals surface area contributed by atoms with E-state index in [4.69, 9.17) is 9.72 Å². The van der Waals surface area contributed by atoms with Gasteiger partial charge in [0, 0.05) is 60.0 Å². The molecule has 0 amide bonds. The molecule has 0 unspecified atom stereocenters. The van der Waals surface area contributed by atoms with Crippen LogP contribution in [-0.4, -0.2) is 33.5 Å². The summed E-state index contributed by atoms with van der Waals surface area (Å²) in [6.45, 7) is 9.28. The molecule has 1 aliphatic heterocycles. The van der Waals surface area contributed by atoms with E-state index >= 15 is 0 Å². The Morgan fingerprint density at radius 1 is 1.14 bits per heavy atom. The lowest BCUT2D eigenvalue weighted by Gasteiger charge is -2.28. The summed E-state index contributed by atoms with van der Waals surface area (Å²) in [5, 5.41) is 1.00. The van der Waals surface area contributed by atoms with Crippen molar-refractivity contribution in [3.8, 4) is 16.3 Å². The van der Waals surface area contributed by atoms with E-state index in [1.165, 1.54) is 16.1 Å². The van der Waals surface area contributed by atoms with E-state index in [-0.39, 0.29) is 5.41 Å². The third kappa shape index (κ3) is 3.93. The van der Waals surface area contributed by atoms with Crippen molar-refractivity contribution in [3.05, 3.63) is 58.6 Å². The van der Waals surface area contributed by atoms with Gasteiger partial charge in [0.25, 0.3) is 0 Å². The second-order valence-corrected chi connectivity index (χ2v) is 9.32. The Labute approximate surface area is 170 Å². The van der Waals surface area contributed by atoms with Gasteiger partial charge in [0.1, 0.15) is 16.6 Å². The molecular formula is C22H26N4OS. The zero-order valence-corrected chi connectivity index (χ0v) is 17.7. The summed E-state index contributed by atoms with van der Waals surface area (Å²) in [7, 11) is 1.70. The fraction of sp³-hybridized carbons (Fsp3) is 0.409. The maximum Gasteiger partial charge on any atom is 0.133 e. The third-order valence-corrected chi connectivity index (χ3v) is 5.97. The van der Waals surface area contributed by atoms with Crippen LogP contribution in [0.5, 0.6) is 5.75 Å². The first kappa shape index (κ1) is 19.0. The van der Waals surface area contributed by atoms with Gasteiger partial charge in [-0.15, -0.1) is 11.3 Å². The van der Waals surface area contributed by atoms with E-state index in [0.29, 0.717) is 0 Å². The average Bonchev–Trinajstić information content (AvgIpc) is 3.15. The lowest BCUT2D eigenvalue weighted by atomic mass is 9.95. The van der Waals surface area contributed by atoms with Gasteiger partial charge in [-0.2, -0.15) is 0 Å². The number of para-hydroxylation sites is 1. The molecule has 4 rings (SSSR count). The largest absolute Gasteiger partial charge is 0.496 e. The van der Waals surface area contributed by atoms with Gasteiger partial charge in [0.2, 0.25) is 0 Å². The van der Waals surface area contributed by atoms with Gasteiger partial charge in [0.15, 0.2) is 0 Å². The van der Waals surface area contributed by atoms with Crippen LogP contribution in [0.2, 0.25) is 0 Å². The summed E-state index contributed by atoms with van der Waals surface area (Å²) < 4.78 is 5.47. The van der Waals surface area contributed by atoms with Gasteiger partial charge in [0.05, 0.1) is 12.7 Å². The quantitative estimate of drug-likeness (QED) is 0.654. The normalized spacial score (nSPS) is 14.7. The predicted molar refractivity (Wildman–Crippen MR) is 113 cm³/mol. The predicted octanol–water partition coefficient (Wildman–Crippen LogP) is 4.46. The van der Waals surface area contributed by atoms with Gasteiger partial charge in [-0.3, -0.25) is 4.90 Å². The van der Waals surface area contributed by atoms with E-state index < -0.39 is 0 Å². The maximum atomic E-state index is 5.47. The molecule has 2 aromatic heterocycles. The van der Waals surface area contributed by atoms with Gasteiger partial charge in [-0.05, 0) is 12.1 Å². The molecule has 1 aromatic carbocycles. The van der Waals surface area contributed by atoms with Crippen LogP contribution in [0.15, 0.2) is 36.7 Å². The minimum absolute atomic E-state index is 0.0102. The molecule has 0 fully saturated rings. The second kappa shape index (κ2) is 7.60. The Morgan fingerprint density at radius 3 is 2.75 bits per heavy atom. The molecule has 0 saturated heterocycles. The first-order chi connectivity index (χ1) is 13.4. The molecule has 5 nitrogen and oxygen atoms in total. The van der Waals surface area contributed by atoms with Gasteiger partial charge in [-0.1, -0.05) is 32.9 Å².